The van der Waals surface area contributed by atoms with Crippen molar-refractivity contribution >= 4 is 6.29 Å². The van der Waals surface area contributed by atoms with Crippen molar-refractivity contribution in [3.8, 4) is 5.75 Å². The lowest BCUT2D eigenvalue weighted by molar-refractivity contribution is 0.111. The van der Waals surface area contributed by atoms with Crippen molar-refractivity contribution in [2.45, 2.75) is 71.1 Å². The second-order valence-electron chi connectivity index (χ2n) is 5.54. The number of aldehydes is 1. The van der Waals surface area contributed by atoms with Crippen molar-refractivity contribution in [1.29, 1.82) is 0 Å². The summed E-state index contributed by atoms with van der Waals surface area (Å²) in [5.74, 6) is 0.600. The molecule has 0 saturated heterocycles. The molecule has 0 radical (unpaired) electrons. The Morgan fingerprint density at radius 1 is 1.00 bits per heavy atom. The van der Waals surface area contributed by atoms with Crippen LogP contribution in [-0.4, -0.2) is 17.9 Å². The number of hydrogen-bond donors (Lipinski definition) is 0. The first kappa shape index (κ1) is 17.7. The SMILES string of the molecule is CCCCCCCCCCCCOc1cccnc1C=O. The Balaban J connectivity index is 1.94. The largest absolute Gasteiger partial charge is 0.491 e. The molecule has 1 heterocycles. The molecule has 0 amide bonds. The van der Waals surface area contributed by atoms with Gasteiger partial charge in [-0.05, 0) is 18.6 Å². The average Bonchev–Trinajstić information content (AvgIpc) is 2.53. The fraction of sp³-hybridized carbons (Fsp3) is 0.667. The quantitative estimate of drug-likeness (QED) is 0.370. The molecule has 118 valence electrons. The van der Waals surface area contributed by atoms with Crippen LogP contribution in [0, 0.1) is 0 Å². The summed E-state index contributed by atoms with van der Waals surface area (Å²) in [7, 11) is 0. The second-order valence-corrected chi connectivity index (χ2v) is 5.54. The molecule has 0 N–H and O–H groups in total. The lowest BCUT2D eigenvalue weighted by Crippen LogP contribution is -2.01. The molecule has 0 aliphatic rings. The summed E-state index contributed by atoms with van der Waals surface area (Å²) in [6.45, 7) is 2.93. The number of nitrogens with zero attached hydrogens (tertiary/aromatic N) is 1. The highest BCUT2D eigenvalue weighted by atomic mass is 16.5. The predicted octanol–water partition coefficient (Wildman–Crippen LogP) is 5.19. The van der Waals surface area contributed by atoms with E-state index in [0.717, 1.165) is 12.7 Å². The highest BCUT2D eigenvalue weighted by Crippen LogP contribution is 2.14. The summed E-state index contributed by atoms with van der Waals surface area (Å²) in [5, 5.41) is 0. The van der Waals surface area contributed by atoms with E-state index in [4.69, 9.17) is 4.74 Å². The van der Waals surface area contributed by atoms with Gasteiger partial charge in [0.05, 0.1) is 6.61 Å². The molecule has 1 rings (SSSR count). The van der Waals surface area contributed by atoms with E-state index in [1.54, 1.807) is 18.3 Å². The number of carbonyl (C=O) groups excluding carboxylic acids is 1. The molecular formula is C18H29NO2. The molecule has 0 aliphatic heterocycles. The maximum absolute atomic E-state index is 10.8. The first-order valence-corrected chi connectivity index (χ1v) is 8.41. The summed E-state index contributed by atoms with van der Waals surface area (Å²) < 4.78 is 5.61. The van der Waals surface area contributed by atoms with Gasteiger partial charge in [-0.2, -0.15) is 0 Å². The van der Waals surface area contributed by atoms with Crippen molar-refractivity contribution in [3.05, 3.63) is 24.0 Å². The highest BCUT2D eigenvalue weighted by Gasteiger charge is 2.02. The Hall–Kier alpha value is -1.38. The predicted molar refractivity (Wildman–Crippen MR) is 87.0 cm³/mol. The van der Waals surface area contributed by atoms with Gasteiger partial charge in [0.2, 0.25) is 0 Å². The molecule has 1 aromatic heterocycles. The molecule has 0 aromatic carbocycles. The van der Waals surface area contributed by atoms with Gasteiger partial charge in [-0.3, -0.25) is 4.79 Å². The molecule has 0 aliphatic carbocycles. The van der Waals surface area contributed by atoms with Crippen LogP contribution >= 0.6 is 0 Å². The second kappa shape index (κ2) is 12.4. The van der Waals surface area contributed by atoms with Gasteiger partial charge in [0.15, 0.2) is 6.29 Å². The summed E-state index contributed by atoms with van der Waals surface area (Å²) in [4.78, 5) is 14.8. The van der Waals surface area contributed by atoms with E-state index in [-0.39, 0.29) is 0 Å². The van der Waals surface area contributed by atoms with Crippen LogP contribution in [0.15, 0.2) is 18.3 Å². The van der Waals surface area contributed by atoms with Gasteiger partial charge < -0.3 is 4.74 Å². The molecule has 0 saturated carbocycles. The minimum Gasteiger partial charge on any atom is -0.491 e. The third kappa shape index (κ3) is 8.49. The molecule has 0 unspecified atom stereocenters. The number of carbonyl (C=O) groups is 1. The maximum atomic E-state index is 10.8. The van der Waals surface area contributed by atoms with Crippen molar-refractivity contribution in [2.75, 3.05) is 6.61 Å². The minimum atomic E-state index is 0.393. The normalized spacial score (nSPS) is 10.5. The van der Waals surface area contributed by atoms with E-state index in [1.807, 2.05) is 0 Å². The van der Waals surface area contributed by atoms with Crippen molar-refractivity contribution < 1.29 is 9.53 Å². The lowest BCUT2D eigenvalue weighted by atomic mass is 10.1. The summed E-state index contributed by atoms with van der Waals surface area (Å²) >= 11 is 0. The first-order chi connectivity index (χ1) is 10.4. The smallest absolute Gasteiger partial charge is 0.172 e. The van der Waals surface area contributed by atoms with Crippen molar-refractivity contribution in [1.82, 2.24) is 4.98 Å². The Morgan fingerprint density at radius 2 is 1.62 bits per heavy atom. The summed E-state index contributed by atoms with van der Waals surface area (Å²) in [6, 6.07) is 3.59. The van der Waals surface area contributed by atoms with Crippen LogP contribution in [0.25, 0.3) is 0 Å². The first-order valence-electron chi connectivity index (χ1n) is 8.41. The lowest BCUT2D eigenvalue weighted by Gasteiger charge is -2.07. The number of hydrogen-bond acceptors (Lipinski definition) is 3. The van der Waals surface area contributed by atoms with E-state index in [1.165, 1.54) is 57.8 Å². The van der Waals surface area contributed by atoms with Gasteiger partial charge >= 0.3 is 0 Å². The molecule has 3 nitrogen and oxygen atoms in total. The third-order valence-corrected chi connectivity index (χ3v) is 3.67. The fourth-order valence-electron chi connectivity index (χ4n) is 2.38. The maximum Gasteiger partial charge on any atom is 0.172 e. The number of pyridine rings is 1. The topological polar surface area (TPSA) is 39.2 Å². The van der Waals surface area contributed by atoms with E-state index in [2.05, 4.69) is 11.9 Å². The van der Waals surface area contributed by atoms with Crippen LogP contribution in [0.5, 0.6) is 5.75 Å². The zero-order chi connectivity index (χ0) is 15.2. The molecule has 21 heavy (non-hydrogen) atoms. The summed E-state index contributed by atoms with van der Waals surface area (Å²) in [6.07, 6.45) is 15.5. The average molecular weight is 291 g/mol. The van der Waals surface area contributed by atoms with E-state index >= 15 is 0 Å². The number of aromatic nitrogens is 1. The van der Waals surface area contributed by atoms with Crippen LogP contribution < -0.4 is 4.74 Å². The molecule has 0 atom stereocenters. The Morgan fingerprint density at radius 3 is 2.24 bits per heavy atom. The monoisotopic (exact) mass is 291 g/mol. The molecule has 0 bridgehead atoms. The molecule has 1 aromatic rings. The van der Waals surface area contributed by atoms with E-state index in [0.29, 0.717) is 18.1 Å². The van der Waals surface area contributed by atoms with Crippen LogP contribution in [0.1, 0.15) is 81.6 Å². The van der Waals surface area contributed by atoms with E-state index in [9.17, 15) is 4.79 Å². The minimum absolute atomic E-state index is 0.393. The van der Waals surface area contributed by atoms with Gasteiger partial charge in [-0.1, -0.05) is 64.7 Å². The van der Waals surface area contributed by atoms with Crippen LogP contribution in [0.3, 0.4) is 0 Å². The third-order valence-electron chi connectivity index (χ3n) is 3.67. The van der Waals surface area contributed by atoms with Crippen molar-refractivity contribution in [3.63, 3.8) is 0 Å². The van der Waals surface area contributed by atoms with Crippen LogP contribution in [0.2, 0.25) is 0 Å². The molecular weight excluding hydrogens is 262 g/mol. The summed E-state index contributed by atoms with van der Waals surface area (Å²) in [5.41, 5.74) is 0.393. The Labute approximate surface area is 129 Å². The molecule has 3 heteroatoms. The fourth-order valence-corrected chi connectivity index (χ4v) is 2.38. The highest BCUT2D eigenvalue weighted by molar-refractivity contribution is 5.75. The van der Waals surface area contributed by atoms with Crippen LogP contribution in [-0.2, 0) is 0 Å². The number of ether oxygens (including phenoxy) is 1. The zero-order valence-corrected chi connectivity index (χ0v) is 13.4. The molecule has 0 fully saturated rings. The molecule has 0 spiro atoms. The van der Waals surface area contributed by atoms with Gasteiger partial charge in [0.1, 0.15) is 11.4 Å². The number of unbranched alkanes of at least 4 members (excludes halogenated alkanes) is 9. The Kier molecular flexibility index (Phi) is 10.4. The van der Waals surface area contributed by atoms with Crippen LogP contribution in [0.4, 0.5) is 0 Å². The zero-order valence-electron chi connectivity index (χ0n) is 13.4. The number of rotatable bonds is 13. The van der Waals surface area contributed by atoms with Gasteiger partial charge in [0.25, 0.3) is 0 Å². The standard InChI is InChI=1S/C18H29NO2/c1-2-3-4-5-6-7-8-9-10-11-15-21-18-13-12-14-19-17(18)16-20/h12-14,16H,2-11,15H2,1H3. The van der Waals surface area contributed by atoms with Gasteiger partial charge in [-0.15, -0.1) is 0 Å². The van der Waals surface area contributed by atoms with Gasteiger partial charge in [-0.25, -0.2) is 4.98 Å². The Bertz CT molecular complexity index is 379. The van der Waals surface area contributed by atoms with E-state index < -0.39 is 0 Å². The van der Waals surface area contributed by atoms with Crippen molar-refractivity contribution in [2.24, 2.45) is 0 Å². The van der Waals surface area contributed by atoms with Gasteiger partial charge in [0, 0.05) is 6.20 Å².